The van der Waals surface area contributed by atoms with E-state index >= 15 is 13.2 Å². The van der Waals surface area contributed by atoms with Crippen LogP contribution >= 0.6 is 0 Å². The first-order chi connectivity index (χ1) is 34.0. The van der Waals surface area contributed by atoms with Crippen LogP contribution in [0.1, 0.15) is 11.1 Å². The molecule has 16 heteroatoms. The molecule has 0 amide bonds. The molecule has 12 aromatic rings. The highest BCUT2D eigenvalue weighted by Crippen LogP contribution is 2.49. The Balaban J connectivity index is 1.22. The Labute approximate surface area is 392 Å². The lowest BCUT2D eigenvalue weighted by atomic mass is 9.95. The first-order valence-electron chi connectivity index (χ1n) is 21.7. The molecule has 6 heterocycles. The van der Waals surface area contributed by atoms with E-state index < -0.39 is 29.2 Å². The molecule has 0 atom stereocenters. The summed E-state index contributed by atoms with van der Waals surface area (Å²) in [7, 11) is 0. The molecule has 0 bridgehead atoms. The number of benzene rings is 6. The standard InChI is InChI=1S/C54H30F6N10/c55-53(56,57)36-7-1-6-31(26-36)37-12-17-46(69-42-13-8-32(49-61-18-2-19-62-49)27-38(42)39-28-33(9-14-43(39)69)50-63-20-3-21-64-50)47(54(58,59)60)48(37)70-44-15-10-34(51-65-22-4-23-66-51)29-40(44)41-30-35(11-16-45(41)70)52-67-24-5-25-68-52/h1-30H. The minimum atomic E-state index is -5.13. The summed E-state index contributed by atoms with van der Waals surface area (Å²) in [5, 5.41) is 2.21. The molecule has 0 N–H and O–H groups in total. The van der Waals surface area contributed by atoms with E-state index in [4.69, 9.17) is 0 Å². The number of hydrogen-bond acceptors (Lipinski definition) is 8. The van der Waals surface area contributed by atoms with Gasteiger partial charge in [-0.05, 0) is 121 Å². The van der Waals surface area contributed by atoms with Crippen molar-refractivity contribution < 1.29 is 26.3 Å². The predicted molar refractivity (Wildman–Crippen MR) is 255 cm³/mol. The van der Waals surface area contributed by atoms with Crippen molar-refractivity contribution in [1.29, 1.82) is 0 Å². The van der Waals surface area contributed by atoms with Crippen LogP contribution < -0.4 is 0 Å². The van der Waals surface area contributed by atoms with Crippen molar-refractivity contribution in [2.75, 3.05) is 0 Å². The third kappa shape index (κ3) is 7.15. The normalized spacial score (nSPS) is 12.1. The third-order valence-electron chi connectivity index (χ3n) is 12.2. The molecular formula is C54H30F6N10. The maximum atomic E-state index is 16.9. The van der Waals surface area contributed by atoms with Gasteiger partial charge in [-0.25, -0.2) is 39.9 Å². The summed E-state index contributed by atoms with van der Waals surface area (Å²) in [5.41, 5.74) is 0.931. The summed E-state index contributed by atoms with van der Waals surface area (Å²) in [5.74, 6) is 1.58. The third-order valence-corrected chi connectivity index (χ3v) is 12.2. The van der Waals surface area contributed by atoms with E-state index in [1.807, 2.05) is 12.1 Å². The molecule has 0 spiro atoms. The predicted octanol–water partition coefficient (Wildman–Crippen LogP) is 13.4. The zero-order chi connectivity index (χ0) is 47.7. The number of alkyl halides is 6. The molecule has 0 unspecified atom stereocenters. The average molecular weight is 933 g/mol. The largest absolute Gasteiger partial charge is 0.420 e. The van der Waals surface area contributed by atoms with Gasteiger partial charge in [0.05, 0.1) is 39.0 Å². The summed E-state index contributed by atoms with van der Waals surface area (Å²) < 4.78 is 97.3. The van der Waals surface area contributed by atoms with Crippen molar-refractivity contribution in [3.63, 3.8) is 0 Å². The maximum absolute atomic E-state index is 16.9. The molecule has 0 aliphatic carbocycles. The number of hydrogen-bond donors (Lipinski definition) is 0. The second-order valence-corrected chi connectivity index (χ2v) is 16.3. The summed E-state index contributed by atoms with van der Waals surface area (Å²) in [6.45, 7) is 0. The van der Waals surface area contributed by atoms with Crippen molar-refractivity contribution in [2.24, 2.45) is 0 Å². The second-order valence-electron chi connectivity index (χ2n) is 16.3. The molecular weight excluding hydrogens is 903 g/mol. The Morgan fingerprint density at radius 2 is 0.700 bits per heavy atom. The number of halogens is 6. The minimum absolute atomic E-state index is 0.0808. The Morgan fingerprint density at radius 1 is 0.329 bits per heavy atom. The molecule has 338 valence electrons. The first-order valence-corrected chi connectivity index (χ1v) is 21.7. The Morgan fingerprint density at radius 3 is 1.06 bits per heavy atom. The molecule has 6 aromatic heterocycles. The van der Waals surface area contributed by atoms with E-state index in [9.17, 15) is 13.2 Å². The van der Waals surface area contributed by atoms with E-state index in [0.717, 1.165) is 12.1 Å². The van der Waals surface area contributed by atoms with Gasteiger partial charge in [-0.1, -0.05) is 18.2 Å². The van der Waals surface area contributed by atoms with E-state index in [-0.39, 0.29) is 16.8 Å². The van der Waals surface area contributed by atoms with Gasteiger partial charge in [0, 0.05) is 98.9 Å². The van der Waals surface area contributed by atoms with Gasteiger partial charge in [0.25, 0.3) is 0 Å². The number of fused-ring (bicyclic) bond motifs is 6. The van der Waals surface area contributed by atoms with Crippen LogP contribution in [0, 0.1) is 0 Å². The van der Waals surface area contributed by atoms with Crippen LogP contribution in [0.25, 0.3) is 112 Å². The van der Waals surface area contributed by atoms with Gasteiger partial charge in [0.15, 0.2) is 23.3 Å². The fraction of sp³-hybridized carbons (Fsp3) is 0.0370. The lowest BCUT2D eigenvalue weighted by Gasteiger charge is -2.24. The molecule has 70 heavy (non-hydrogen) atoms. The van der Waals surface area contributed by atoms with Crippen LogP contribution in [-0.4, -0.2) is 49.0 Å². The monoisotopic (exact) mass is 932 g/mol. The smallest absolute Gasteiger partial charge is 0.309 e. The van der Waals surface area contributed by atoms with Crippen molar-refractivity contribution in [2.45, 2.75) is 12.4 Å². The molecule has 0 saturated heterocycles. The molecule has 0 fully saturated rings. The van der Waals surface area contributed by atoms with Crippen LogP contribution in [0.5, 0.6) is 0 Å². The van der Waals surface area contributed by atoms with Gasteiger partial charge in [-0.15, -0.1) is 0 Å². The Kier molecular flexibility index (Phi) is 9.80. The van der Waals surface area contributed by atoms with Crippen LogP contribution in [0.2, 0.25) is 0 Å². The van der Waals surface area contributed by atoms with Gasteiger partial charge in [0.1, 0.15) is 5.56 Å². The minimum Gasteiger partial charge on any atom is -0.309 e. The zero-order valence-electron chi connectivity index (χ0n) is 36.1. The van der Waals surface area contributed by atoms with Gasteiger partial charge in [0.2, 0.25) is 0 Å². The highest BCUT2D eigenvalue weighted by Gasteiger charge is 2.41. The van der Waals surface area contributed by atoms with Crippen molar-refractivity contribution in [1.82, 2.24) is 49.0 Å². The Bertz CT molecular complexity index is 3780. The number of rotatable bonds is 7. The first kappa shape index (κ1) is 42.2. The van der Waals surface area contributed by atoms with Crippen LogP contribution in [-0.2, 0) is 12.4 Å². The average Bonchev–Trinajstić information content (AvgIpc) is 3.90. The second kappa shape index (κ2) is 16.3. The van der Waals surface area contributed by atoms with Crippen LogP contribution in [0.3, 0.4) is 0 Å². The van der Waals surface area contributed by atoms with Gasteiger partial charge >= 0.3 is 12.4 Å². The van der Waals surface area contributed by atoms with Crippen molar-refractivity contribution >= 4 is 43.6 Å². The number of nitrogens with zero attached hydrogens (tertiary/aromatic N) is 10. The number of aromatic nitrogens is 10. The Hall–Kier alpha value is -9.18. The quantitative estimate of drug-likeness (QED) is 0.145. The fourth-order valence-corrected chi connectivity index (χ4v) is 9.27. The van der Waals surface area contributed by atoms with E-state index in [1.165, 1.54) is 28.8 Å². The highest BCUT2D eigenvalue weighted by atomic mass is 19.4. The summed E-state index contributed by atoms with van der Waals surface area (Å²) >= 11 is 0. The highest BCUT2D eigenvalue weighted by molar-refractivity contribution is 6.13. The van der Waals surface area contributed by atoms with E-state index in [0.29, 0.717) is 89.2 Å². The molecule has 0 saturated carbocycles. The van der Waals surface area contributed by atoms with Crippen molar-refractivity contribution in [3.05, 3.63) is 194 Å². The molecule has 0 radical (unpaired) electrons. The molecule has 0 aliphatic heterocycles. The van der Waals surface area contributed by atoms with Gasteiger partial charge in [-0.3, -0.25) is 0 Å². The fourth-order valence-electron chi connectivity index (χ4n) is 9.27. The lowest BCUT2D eigenvalue weighted by Crippen LogP contribution is -2.17. The molecule has 0 aliphatic rings. The summed E-state index contributed by atoms with van der Waals surface area (Å²) in [6.07, 6.45) is 2.84. The molecule has 12 rings (SSSR count). The van der Waals surface area contributed by atoms with Gasteiger partial charge in [-0.2, -0.15) is 26.3 Å². The van der Waals surface area contributed by atoms with E-state index in [2.05, 4.69) is 39.9 Å². The zero-order valence-corrected chi connectivity index (χ0v) is 36.1. The topological polar surface area (TPSA) is 113 Å². The van der Waals surface area contributed by atoms with Crippen molar-refractivity contribution in [3.8, 4) is 68.1 Å². The maximum Gasteiger partial charge on any atom is 0.420 e. The summed E-state index contributed by atoms with van der Waals surface area (Å²) in [4.78, 5) is 35.5. The van der Waals surface area contributed by atoms with E-state index in [1.54, 1.807) is 139 Å². The summed E-state index contributed by atoms with van der Waals surface area (Å²) in [6, 6.07) is 34.8. The lowest BCUT2D eigenvalue weighted by molar-refractivity contribution is -0.138. The van der Waals surface area contributed by atoms with Crippen LogP contribution in [0.4, 0.5) is 26.3 Å². The van der Waals surface area contributed by atoms with Crippen LogP contribution in [0.15, 0.2) is 183 Å². The SMILES string of the molecule is FC(F)(F)c1cccc(-c2ccc(-n3c4ccc(-c5ncccn5)cc4c4cc(-c5ncccn5)ccc43)c(C(F)(F)F)c2-n2c3ccc(-c4ncccn4)cc3c3cc(-c4ncccn4)ccc32)c1. The van der Waals surface area contributed by atoms with Gasteiger partial charge < -0.3 is 9.13 Å². The molecule has 6 aromatic carbocycles. The molecule has 10 nitrogen and oxygen atoms in total.